The van der Waals surface area contributed by atoms with Crippen LogP contribution in [-0.2, 0) is 0 Å². The number of nitrogens with two attached hydrogens (primary N) is 3. The number of primary amides is 2. The normalized spacial score (nSPS) is 18.3. The standard InChI is InChI=1S/C14H22N4O2S/c1-14(2)4-3-6-18(7-5-14)13-8(11(16)19)9(15)10(21-13)12(17)20/h3-7,15H2,1-2H3,(H2,16,19)(H2,17,20). The van der Waals surface area contributed by atoms with Gasteiger partial charge in [-0.3, -0.25) is 9.59 Å². The molecule has 1 saturated heterocycles. The molecular formula is C14H22N4O2S. The van der Waals surface area contributed by atoms with Crippen molar-refractivity contribution in [1.82, 2.24) is 0 Å². The lowest BCUT2D eigenvalue weighted by molar-refractivity contribution is 0.0999. The number of rotatable bonds is 3. The summed E-state index contributed by atoms with van der Waals surface area (Å²) in [6.07, 6.45) is 3.16. The molecule has 0 aromatic carbocycles. The predicted octanol–water partition coefficient (Wildman–Crippen LogP) is 1.54. The third kappa shape index (κ3) is 3.12. The highest BCUT2D eigenvalue weighted by Crippen LogP contribution is 2.40. The highest BCUT2D eigenvalue weighted by Gasteiger charge is 2.29. The molecule has 0 radical (unpaired) electrons. The van der Waals surface area contributed by atoms with E-state index >= 15 is 0 Å². The van der Waals surface area contributed by atoms with E-state index < -0.39 is 11.8 Å². The Labute approximate surface area is 128 Å². The van der Waals surface area contributed by atoms with Gasteiger partial charge in [-0.15, -0.1) is 11.3 Å². The Morgan fingerprint density at radius 2 is 1.81 bits per heavy atom. The Morgan fingerprint density at radius 3 is 2.38 bits per heavy atom. The van der Waals surface area contributed by atoms with E-state index in [0.717, 1.165) is 43.7 Å². The summed E-state index contributed by atoms with van der Waals surface area (Å²) >= 11 is 1.16. The first-order valence-corrected chi connectivity index (χ1v) is 7.81. The molecular weight excluding hydrogens is 288 g/mol. The number of anilines is 2. The van der Waals surface area contributed by atoms with E-state index in [0.29, 0.717) is 5.00 Å². The molecule has 21 heavy (non-hydrogen) atoms. The minimum absolute atomic E-state index is 0.110. The van der Waals surface area contributed by atoms with Crippen LogP contribution in [0.4, 0.5) is 10.7 Å². The van der Waals surface area contributed by atoms with Gasteiger partial charge in [0.2, 0.25) is 0 Å². The van der Waals surface area contributed by atoms with E-state index in [2.05, 4.69) is 18.7 Å². The molecule has 1 aliphatic rings. The van der Waals surface area contributed by atoms with Crippen molar-refractivity contribution >= 4 is 33.8 Å². The molecule has 2 rings (SSSR count). The summed E-state index contributed by atoms with van der Waals surface area (Å²) in [4.78, 5) is 25.5. The van der Waals surface area contributed by atoms with Gasteiger partial charge in [0.25, 0.3) is 11.8 Å². The van der Waals surface area contributed by atoms with Gasteiger partial charge in [0, 0.05) is 13.1 Å². The maximum atomic E-state index is 11.7. The molecule has 116 valence electrons. The maximum absolute atomic E-state index is 11.7. The Balaban J connectivity index is 2.41. The van der Waals surface area contributed by atoms with E-state index in [4.69, 9.17) is 17.2 Å². The number of amides is 2. The molecule has 1 aliphatic heterocycles. The van der Waals surface area contributed by atoms with Gasteiger partial charge in [-0.25, -0.2) is 0 Å². The predicted molar refractivity (Wildman–Crippen MR) is 85.6 cm³/mol. The SMILES string of the molecule is CC1(C)CCCN(c2sc(C(N)=O)c(N)c2C(N)=O)CC1. The number of carbonyl (C=O) groups is 2. The van der Waals surface area contributed by atoms with Crippen molar-refractivity contribution in [3.05, 3.63) is 10.4 Å². The summed E-state index contributed by atoms with van der Waals surface area (Å²) in [7, 11) is 0. The second-order valence-corrected chi connectivity index (χ2v) is 7.26. The zero-order valence-electron chi connectivity index (χ0n) is 12.4. The fourth-order valence-corrected chi connectivity index (χ4v) is 3.83. The second-order valence-electron chi connectivity index (χ2n) is 6.26. The molecule has 7 heteroatoms. The summed E-state index contributed by atoms with van der Waals surface area (Å²) in [5.74, 6) is -1.24. The van der Waals surface area contributed by atoms with E-state index in [-0.39, 0.29) is 21.5 Å². The average molecular weight is 310 g/mol. The first-order valence-electron chi connectivity index (χ1n) is 7.00. The first-order chi connectivity index (χ1) is 9.73. The van der Waals surface area contributed by atoms with Crippen molar-refractivity contribution in [3.63, 3.8) is 0 Å². The van der Waals surface area contributed by atoms with Gasteiger partial charge in [-0.05, 0) is 24.7 Å². The number of nitrogens with zero attached hydrogens (tertiary/aromatic N) is 1. The third-order valence-corrected chi connectivity index (χ3v) is 5.30. The summed E-state index contributed by atoms with van der Waals surface area (Å²) in [5, 5.41) is 0.673. The molecule has 6 nitrogen and oxygen atoms in total. The van der Waals surface area contributed by atoms with Crippen molar-refractivity contribution in [2.24, 2.45) is 16.9 Å². The lowest BCUT2D eigenvalue weighted by Crippen LogP contribution is -2.27. The first kappa shape index (κ1) is 15.6. The van der Waals surface area contributed by atoms with Crippen LogP contribution in [0.25, 0.3) is 0 Å². The average Bonchev–Trinajstić information content (AvgIpc) is 2.60. The van der Waals surface area contributed by atoms with Gasteiger partial charge in [0.1, 0.15) is 9.88 Å². The molecule has 0 aliphatic carbocycles. The second kappa shape index (κ2) is 5.55. The van der Waals surface area contributed by atoms with Gasteiger partial charge >= 0.3 is 0 Å². The molecule has 0 unspecified atom stereocenters. The van der Waals surface area contributed by atoms with Crippen LogP contribution in [0.15, 0.2) is 0 Å². The molecule has 0 spiro atoms. The van der Waals surface area contributed by atoms with Crippen LogP contribution in [0.2, 0.25) is 0 Å². The van der Waals surface area contributed by atoms with Crippen molar-refractivity contribution < 1.29 is 9.59 Å². The highest BCUT2D eigenvalue weighted by atomic mass is 32.1. The molecule has 2 amide bonds. The van der Waals surface area contributed by atoms with Crippen LogP contribution < -0.4 is 22.1 Å². The van der Waals surface area contributed by atoms with Crippen LogP contribution in [0, 0.1) is 5.41 Å². The number of hydrogen-bond acceptors (Lipinski definition) is 5. The summed E-state index contributed by atoms with van der Waals surface area (Å²) < 4.78 is 0. The fourth-order valence-electron chi connectivity index (χ4n) is 2.70. The molecule has 1 fully saturated rings. The van der Waals surface area contributed by atoms with E-state index in [1.165, 1.54) is 0 Å². The highest BCUT2D eigenvalue weighted by molar-refractivity contribution is 7.19. The van der Waals surface area contributed by atoms with Crippen LogP contribution in [0.3, 0.4) is 0 Å². The van der Waals surface area contributed by atoms with Crippen molar-refractivity contribution in [2.45, 2.75) is 33.1 Å². The van der Waals surface area contributed by atoms with Gasteiger partial charge in [0.05, 0.1) is 11.3 Å². The minimum Gasteiger partial charge on any atom is -0.397 e. The van der Waals surface area contributed by atoms with Crippen molar-refractivity contribution in [2.75, 3.05) is 23.7 Å². The van der Waals surface area contributed by atoms with Gasteiger partial charge in [-0.1, -0.05) is 13.8 Å². The molecule has 1 aromatic heterocycles. The maximum Gasteiger partial charge on any atom is 0.260 e. The number of hydrogen-bond donors (Lipinski definition) is 3. The third-order valence-electron chi connectivity index (χ3n) is 4.02. The molecule has 0 saturated carbocycles. The topological polar surface area (TPSA) is 115 Å². The Morgan fingerprint density at radius 1 is 1.14 bits per heavy atom. The minimum atomic E-state index is -0.624. The summed E-state index contributed by atoms with van der Waals surface area (Å²) in [6.45, 7) is 6.11. The Hall–Kier alpha value is -1.76. The van der Waals surface area contributed by atoms with Crippen LogP contribution in [0.5, 0.6) is 0 Å². The van der Waals surface area contributed by atoms with E-state index in [1.807, 2.05) is 0 Å². The van der Waals surface area contributed by atoms with Crippen LogP contribution in [-0.4, -0.2) is 24.9 Å². The largest absolute Gasteiger partial charge is 0.397 e. The lowest BCUT2D eigenvalue weighted by Gasteiger charge is -2.24. The number of carbonyl (C=O) groups excluding carboxylic acids is 2. The quantitative estimate of drug-likeness (QED) is 0.785. The van der Waals surface area contributed by atoms with Gasteiger partial charge in [0.15, 0.2) is 0 Å². The number of thiophene rings is 1. The fraction of sp³-hybridized carbons (Fsp3) is 0.571. The van der Waals surface area contributed by atoms with Crippen LogP contribution in [0.1, 0.15) is 53.1 Å². The van der Waals surface area contributed by atoms with Crippen LogP contribution >= 0.6 is 11.3 Å². The van der Waals surface area contributed by atoms with Crippen molar-refractivity contribution in [3.8, 4) is 0 Å². The Bertz CT molecular complexity index is 580. The zero-order chi connectivity index (χ0) is 15.8. The zero-order valence-corrected chi connectivity index (χ0v) is 13.3. The Kier molecular flexibility index (Phi) is 4.13. The monoisotopic (exact) mass is 310 g/mol. The molecule has 2 heterocycles. The van der Waals surface area contributed by atoms with Gasteiger partial charge < -0.3 is 22.1 Å². The molecule has 0 atom stereocenters. The number of nitrogen functional groups attached to an aromatic ring is 1. The summed E-state index contributed by atoms with van der Waals surface area (Å²) in [6, 6.07) is 0. The van der Waals surface area contributed by atoms with E-state index in [9.17, 15) is 9.59 Å². The van der Waals surface area contributed by atoms with Crippen molar-refractivity contribution in [1.29, 1.82) is 0 Å². The summed E-state index contributed by atoms with van der Waals surface area (Å²) in [5.41, 5.74) is 17.3. The molecule has 6 N–H and O–H groups in total. The molecule has 1 aromatic rings. The smallest absolute Gasteiger partial charge is 0.260 e. The van der Waals surface area contributed by atoms with Gasteiger partial charge in [-0.2, -0.15) is 0 Å². The van der Waals surface area contributed by atoms with E-state index in [1.54, 1.807) is 0 Å². The molecule has 0 bridgehead atoms. The lowest BCUT2D eigenvalue weighted by atomic mass is 9.85.